The number of ether oxygens (including phenoxy) is 2. The van der Waals surface area contributed by atoms with Crippen molar-refractivity contribution in [2.45, 2.75) is 20.0 Å². The van der Waals surface area contributed by atoms with Crippen molar-refractivity contribution in [1.29, 1.82) is 0 Å². The number of carbonyl (C=O) groups is 2. The standard InChI is InChI=1S/C15H16BrF2NO4/c1-2-7-19-13(20)9-22-14(21)6-3-10-8-11(16)4-5-12(10)23-15(17)18/h3-6,8,15H,2,7,9H2,1H3,(H,19,20)/b6-3+. The van der Waals surface area contributed by atoms with Crippen LogP contribution in [0.4, 0.5) is 8.78 Å². The van der Waals surface area contributed by atoms with E-state index in [-0.39, 0.29) is 11.3 Å². The first-order chi connectivity index (χ1) is 10.9. The van der Waals surface area contributed by atoms with Gasteiger partial charge >= 0.3 is 12.6 Å². The maximum Gasteiger partial charge on any atom is 0.387 e. The number of nitrogens with one attached hydrogen (secondary N) is 1. The van der Waals surface area contributed by atoms with Crippen LogP contribution >= 0.6 is 15.9 Å². The van der Waals surface area contributed by atoms with E-state index in [9.17, 15) is 18.4 Å². The van der Waals surface area contributed by atoms with Crippen molar-refractivity contribution >= 4 is 33.9 Å². The van der Waals surface area contributed by atoms with Crippen LogP contribution in [0.15, 0.2) is 28.7 Å². The minimum absolute atomic E-state index is 0.0760. The molecule has 0 fully saturated rings. The number of alkyl halides is 2. The molecule has 0 unspecified atom stereocenters. The van der Waals surface area contributed by atoms with Gasteiger partial charge in [0.2, 0.25) is 0 Å². The number of halogens is 3. The molecular formula is C15H16BrF2NO4. The lowest BCUT2D eigenvalue weighted by atomic mass is 10.2. The predicted octanol–water partition coefficient (Wildman–Crippen LogP) is 3.13. The van der Waals surface area contributed by atoms with Gasteiger partial charge in [-0.1, -0.05) is 22.9 Å². The molecule has 1 aromatic carbocycles. The molecule has 0 aliphatic heterocycles. The summed E-state index contributed by atoms with van der Waals surface area (Å²) in [5.41, 5.74) is 0.270. The number of hydrogen-bond acceptors (Lipinski definition) is 4. The maximum absolute atomic E-state index is 12.3. The molecule has 1 aromatic rings. The molecule has 0 aromatic heterocycles. The number of carbonyl (C=O) groups excluding carboxylic acids is 2. The zero-order valence-electron chi connectivity index (χ0n) is 12.4. The molecule has 0 radical (unpaired) electrons. The summed E-state index contributed by atoms with van der Waals surface area (Å²) < 4.78 is 34.4. The zero-order chi connectivity index (χ0) is 17.2. The van der Waals surface area contributed by atoms with Gasteiger partial charge in [0.25, 0.3) is 5.91 Å². The number of benzene rings is 1. The molecule has 1 rings (SSSR count). The molecule has 0 atom stereocenters. The number of esters is 1. The van der Waals surface area contributed by atoms with Gasteiger partial charge in [-0.2, -0.15) is 8.78 Å². The van der Waals surface area contributed by atoms with E-state index in [0.717, 1.165) is 12.5 Å². The Labute approximate surface area is 140 Å². The van der Waals surface area contributed by atoms with Crippen LogP contribution in [0.5, 0.6) is 5.75 Å². The molecule has 0 saturated carbocycles. The Morgan fingerprint density at radius 2 is 2.13 bits per heavy atom. The van der Waals surface area contributed by atoms with Crippen molar-refractivity contribution < 1.29 is 27.8 Å². The maximum atomic E-state index is 12.3. The quantitative estimate of drug-likeness (QED) is 0.546. The van der Waals surface area contributed by atoms with E-state index in [1.807, 2.05) is 6.92 Å². The van der Waals surface area contributed by atoms with E-state index in [4.69, 9.17) is 4.74 Å². The smallest absolute Gasteiger partial charge is 0.387 e. The summed E-state index contributed by atoms with van der Waals surface area (Å²) in [6, 6.07) is 4.39. The van der Waals surface area contributed by atoms with Crippen LogP contribution in [-0.4, -0.2) is 31.6 Å². The van der Waals surface area contributed by atoms with Gasteiger partial charge in [-0.15, -0.1) is 0 Å². The van der Waals surface area contributed by atoms with E-state index >= 15 is 0 Å². The highest BCUT2D eigenvalue weighted by Crippen LogP contribution is 2.25. The lowest BCUT2D eigenvalue weighted by Gasteiger charge is -2.08. The van der Waals surface area contributed by atoms with Crippen LogP contribution in [0.1, 0.15) is 18.9 Å². The Morgan fingerprint density at radius 3 is 2.78 bits per heavy atom. The molecule has 0 bridgehead atoms. The second kappa shape index (κ2) is 9.94. The molecule has 0 saturated heterocycles. The van der Waals surface area contributed by atoms with Crippen molar-refractivity contribution in [1.82, 2.24) is 5.32 Å². The fourth-order valence-corrected chi connectivity index (χ4v) is 1.89. The van der Waals surface area contributed by atoms with Gasteiger partial charge in [-0.3, -0.25) is 4.79 Å². The van der Waals surface area contributed by atoms with Crippen molar-refractivity contribution in [2.75, 3.05) is 13.2 Å². The number of hydrogen-bond donors (Lipinski definition) is 1. The minimum Gasteiger partial charge on any atom is -0.452 e. The first-order valence-corrected chi connectivity index (χ1v) is 7.57. The highest BCUT2D eigenvalue weighted by molar-refractivity contribution is 9.10. The Bertz CT molecular complexity index is 579. The van der Waals surface area contributed by atoms with E-state index in [0.29, 0.717) is 11.0 Å². The van der Waals surface area contributed by atoms with Gasteiger partial charge in [0.15, 0.2) is 6.61 Å². The molecule has 0 heterocycles. The average Bonchev–Trinajstić information content (AvgIpc) is 2.50. The normalized spacial score (nSPS) is 10.8. The van der Waals surface area contributed by atoms with Gasteiger partial charge in [0.1, 0.15) is 5.75 Å². The Morgan fingerprint density at radius 1 is 1.39 bits per heavy atom. The second-order valence-corrected chi connectivity index (χ2v) is 5.27. The van der Waals surface area contributed by atoms with Crippen LogP contribution in [0.3, 0.4) is 0 Å². The molecule has 8 heteroatoms. The van der Waals surface area contributed by atoms with E-state index in [1.165, 1.54) is 24.3 Å². The molecule has 0 spiro atoms. The van der Waals surface area contributed by atoms with E-state index in [2.05, 4.69) is 26.0 Å². The fraction of sp³-hybridized carbons (Fsp3) is 0.333. The summed E-state index contributed by atoms with van der Waals surface area (Å²) in [6.07, 6.45) is 3.08. The third kappa shape index (κ3) is 7.73. The van der Waals surface area contributed by atoms with Crippen molar-refractivity contribution in [2.24, 2.45) is 0 Å². The zero-order valence-corrected chi connectivity index (χ0v) is 13.9. The summed E-state index contributed by atoms with van der Waals surface area (Å²) in [4.78, 5) is 22.8. The lowest BCUT2D eigenvalue weighted by molar-refractivity contribution is -0.143. The summed E-state index contributed by atoms with van der Waals surface area (Å²) in [6.45, 7) is -0.982. The van der Waals surface area contributed by atoms with Gasteiger partial charge in [0.05, 0.1) is 0 Å². The monoisotopic (exact) mass is 391 g/mol. The largest absolute Gasteiger partial charge is 0.452 e. The number of rotatable bonds is 8. The predicted molar refractivity (Wildman–Crippen MR) is 84.1 cm³/mol. The topological polar surface area (TPSA) is 64.6 Å². The summed E-state index contributed by atoms with van der Waals surface area (Å²) in [7, 11) is 0. The Hall–Kier alpha value is -1.96. The molecule has 0 aliphatic rings. The highest BCUT2D eigenvalue weighted by atomic mass is 79.9. The minimum atomic E-state index is -2.97. The highest BCUT2D eigenvalue weighted by Gasteiger charge is 2.09. The lowest BCUT2D eigenvalue weighted by Crippen LogP contribution is -2.28. The Balaban J connectivity index is 2.63. The average molecular weight is 392 g/mol. The summed E-state index contributed by atoms with van der Waals surface area (Å²) in [5, 5.41) is 2.55. The molecule has 23 heavy (non-hydrogen) atoms. The van der Waals surface area contributed by atoms with Gasteiger partial charge in [-0.05, 0) is 30.7 Å². The molecule has 1 amide bonds. The van der Waals surface area contributed by atoms with E-state index in [1.54, 1.807) is 0 Å². The van der Waals surface area contributed by atoms with Crippen molar-refractivity contribution in [3.63, 3.8) is 0 Å². The van der Waals surface area contributed by atoms with Gasteiger partial charge in [-0.25, -0.2) is 4.79 Å². The van der Waals surface area contributed by atoms with Gasteiger partial charge in [0, 0.05) is 22.7 Å². The van der Waals surface area contributed by atoms with Crippen LogP contribution in [0.2, 0.25) is 0 Å². The molecule has 1 N–H and O–H groups in total. The van der Waals surface area contributed by atoms with E-state index < -0.39 is 25.1 Å². The van der Waals surface area contributed by atoms with Gasteiger partial charge < -0.3 is 14.8 Å². The summed E-state index contributed by atoms with van der Waals surface area (Å²) in [5.74, 6) is -1.25. The molecule has 5 nitrogen and oxygen atoms in total. The van der Waals surface area contributed by atoms with Crippen molar-refractivity contribution in [3.05, 3.63) is 34.3 Å². The van der Waals surface area contributed by atoms with Crippen LogP contribution in [0.25, 0.3) is 6.08 Å². The first-order valence-electron chi connectivity index (χ1n) is 6.78. The first kappa shape index (κ1) is 19.1. The second-order valence-electron chi connectivity index (χ2n) is 4.35. The third-order valence-electron chi connectivity index (χ3n) is 2.50. The van der Waals surface area contributed by atoms with Crippen molar-refractivity contribution in [3.8, 4) is 5.75 Å². The van der Waals surface area contributed by atoms with Crippen LogP contribution in [0, 0.1) is 0 Å². The molecule has 0 aliphatic carbocycles. The number of amides is 1. The van der Waals surface area contributed by atoms with Crippen LogP contribution in [-0.2, 0) is 14.3 Å². The van der Waals surface area contributed by atoms with Crippen LogP contribution < -0.4 is 10.1 Å². The SMILES string of the molecule is CCCNC(=O)COC(=O)/C=C/c1cc(Br)ccc1OC(F)F. The summed E-state index contributed by atoms with van der Waals surface area (Å²) >= 11 is 3.20. The molecular weight excluding hydrogens is 376 g/mol. The third-order valence-corrected chi connectivity index (χ3v) is 3.00. The fourth-order valence-electron chi connectivity index (χ4n) is 1.51. The Kier molecular flexibility index (Phi) is 8.25. The molecule has 126 valence electrons.